The van der Waals surface area contributed by atoms with Crippen LogP contribution in [0.3, 0.4) is 0 Å². The third-order valence-corrected chi connectivity index (χ3v) is 5.48. The van der Waals surface area contributed by atoms with Crippen molar-refractivity contribution in [1.29, 1.82) is 0 Å². The maximum absolute atomic E-state index is 12.2. The molecule has 1 heterocycles. The first-order valence-corrected chi connectivity index (χ1v) is 10.3. The minimum absolute atomic E-state index is 0.167. The summed E-state index contributed by atoms with van der Waals surface area (Å²) < 4.78 is 17.1. The highest BCUT2D eigenvalue weighted by atomic mass is 127. The molecule has 0 aromatic heterocycles. The van der Waals surface area contributed by atoms with E-state index in [1.165, 1.54) is 7.11 Å². The van der Waals surface area contributed by atoms with Crippen LogP contribution < -0.4 is 4.74 Å². The van der Waals surface area contributed by atoms with Crippen LogP contribution in [-0.2, 0) is 19.1 Å². The molecule has 0 N–H and O–H groups in total. The second-order valence-electron chi connectivity index (χ2n) is 5.83. The summed E-state index contributed by atoms with van der Waals surface area (Å²) in [5.41, 5.74) is 2.77. The van der Waals surface area contributed by atoms with Crippen molar-refractivity contribution in [3.8, 4) is 5.75 Å². The highest BCUT2D eigenvalue weighted by Crippen LogP contribution is 2.30. The molecule has 0 saturated heterocycles. The van der Waals surface area contributed by atoms with E-state index in [4.69, 9.17) is 9.47 Å². The van der Waals surface area contributed by atoms with Gasteiger partial charge in [0.2, 0.25) is 5.90 Å². The van der Waals surface area contributed by atoms with Crippen molar-refractivity contribution < 1.29 is 23.8 Å². The number of carbonyl (C=O) groups is 2. The fraction of sp³-hybridized carbons (Fsp3) is 0.150. The Balaban J connectivity index is 1.88. The second-order valence-corrected chi connectivity index (χ2v) is 8.15. The highest BCUT2D eigenvalue weighted by molar-refractivity contribution is 14.1. The lowest BCUT2D eigenvalue weighted by Gasteiger charge is -2.10. The number of nitrogens with zero attached hydrogens (tertiary/aromatic N) is 1. The number of methoxy groups -OCH3 is 1. The zero-order valence-electron chi connectivity index (χ0n) is 15.0. The van der Waals surface area contributed by atoms with Crippen LogP contribution in [0.25, 0.3) is 6.08 Å². The van der Waals surface area contributed by atoms with E-state index in [-0.39, 0.29) is 12.3 Å². The second kappa shape index (κ2) is 9.03. The molecule has 28 heavy (non-hydrogen) atoms. The van der Waals surface area contributed by atoms with Gasteiger partial charge in [-0.15, -0.1) is 0 Å². The van der Waals surface area contributed by atoms with Gasteiger partial charge in [0.15, 0.2) is 12.3 Å². The molecule has 1 aliphatic rings. The Hall–Kier alpha value is -1.95. The SMILES string of the molecule is COC(=O)COc1c(I)cc(/C=C2\N=C(c3ccccc3C)OC2=O)cc1I. The van der Waals surface area contributed by atoms with Gasteiger partial charge in [0, 0.05) is 5.56 Å². The Kier molecular flexibility index (Phi) is 6.70. The average Bonchev–Trinajstić information content (AvgIpc) is 3.01. The third kappa shape index (κ3) is 4.72. The lowest BCUT2D eigenvalue weighted by atomic mass is 10.1. The van der Waals surface area contributed by atoms with Crippen LogP contribution >= 0.6 is 45.2 Å². The van der Waals surface area contributed by atoms with Crippen molar-refractivity contribution in [3.63, 3.8) is 0 Å². The van der Waals surface area contributed by atoms with E-state index in [2.05, 4.69) is 54.9 Å². The maximum atomic E-state index is 12.2. The Morgan fingerprint density at radius 2 is 1.89 bits per heavy atom. The summed E-state index contributed by atoms with van der Waals surface area (Å²) in [4.78, 5) is 27.9. The molecule has 0 fully saturated rings. The molecule has 2 aromatic carbocycles. The maximum Gasteiger partial charge on any atom is 0.363 e. The summed E-state index contributed by atoms with van der Waals surface area (Å²) in [6, 6.07) is 11.3. The van der Waals surface area contributed by atoms with Crippen LogP contribution in [0.1, 0.15) is 16.7 Å². The first-order valence-electron chi connectivity index (χ1n) is 8.16. The molecular formula is C20H15I2NO5. The molecular weight excluding hydrogens is 588 g/mol. The van der Waals surface area contributed by atoms with Crippen LogP contribution in [0.5, 0.6) is 5.75 Å². The van der Waals surface area contributed by atoms with Crippen molar-refractivity contribution in [2.75, 3.05) is 13.7 Å². The Bertz CT molecular complexity index is 990. The third-order valence-electron chi connectivity index (χ3n) is 3.88. The van der Waals surface area contributed by atoms with Crippen molar-refractivity contribution >= 4 is 69.1 Å². The number of benzene rings is 2. The number of hydrogen-bond acceptors (Lipinski definition) is 6. The standard InChI is InChI=1S/C20H15I2NO5/c1-11-5-3-4-6-13(11)19-23-16(20(25)28-19)9-12-7-14(21)18(15(22)8-12)27-10-17(24)26-2/h3-9H,10H2,1-2H3/b16-9-. The molecule has 0 bridgehead atoms. The topological polar surface area (TPSA) is 74.2 Å². The first-order chi connectivity index (χ1) is 13.4. The van der Waals surface area contributed by atoms with Gasteiger partial charge in [0.05, 0.1) is 14.3 Å². The van der Waals surface area contributed by atoms with Gasteiger partial charge in [0.1, 0.15) is 5.75 Å². The summed E-state index contributed by atoms with van der Waals surface area (Å²) in [6.07, 6.45) is 1.67. The van der Waals surface area contributed by atoms with E-state index < -0.39 is 11.9 Å². The molecule has 0 unspecified atom stereocenters. The van der Waals surface area contributed by atoms with Crippen molar-refractivity contribution in [2.45, 2.75) is 6.92 Å². The molecule has 0 atom stereocenters. The van der Waals surface area contributed by atoms with E-state index in [1.54, 1.807) is 6.08 Å². The zero-order chi connectivity index (χ0) is 20.3. The van der Waals surface area contributed by atoms with Gasteiger partial charge < -0.3 is 14.2 Å². The van der Waals surface area contributed by atoms with Crippen LogP contribution in [0, 0.1) is 14.1 Å². The monoisotopic (exact) mass is 603 g/mol. The number of aryl methyl sites for hydroxylation is 1. The molecule has 144 valence electrons. The van der Waals surface area contributed by atoms with Crippen molar-refractivity contribution in [3.05, 3.63) is 65.9 Å². The van der Waals surface area contributed by atoms with Gasteiger partial charge in [-0.2, -0.15) is 0 Å². The number of ether oxygens (including phenoxy) is 3. The molecule has 0 radical (unpaired) electrons. The van der Waals surface area contributed by atoms with Crippen LogP contribution in [0.2, 0.25) is 0 Å². The van der Waals surface area contributed by atoms with E-state index >= 15 is 0 Å². The number of aliphatic imine (C=N–C) groups is 1. The number of rotatable bonds is 5. The van der Waals surface area contributed by atoms with Gasteiger partial charge in [-0.05, 0) is 87.5 Å². The quantitative estimate of drug-likeness (QED) is 0.293. The fourth-order valence-corrected chi connectivity index (χ4v) is 4.61. The Morgan fingerprint density at radius 1 is 1.21 bits per heavy atom. The molecule has 0 amide bonds. The smallest absolute Gasteiger partial charge is 0.363 e. The van der Waals surface area contributed by atoms with E-state index in [0.717, 1.165) is 23.8 Å². The molecule has 8 heteroatoms. The summed E-state index contributed by atoms with van der Waals surface area (Å²) in [5.74, 6) is -0.0533. The van der Waals surface area contributed by atoms with E-state index in [1.807, 2.05) is 43.3 Å². The molecule has 2 aromatic rings. The highest BCUT2D eigenvalue weighted by Gasteiger charge is 2.25. The molecule has 0 aliphatic carbocycles. The van der Waals surface area contributed by atoms with Crippen LogP contribution in [-0.4, -0.2) is 31.6 Å². The van der Waals surface area contributed by atoms with Crippen molar-refractivity contribution in [2.24, 2.45) is 4.99 Å². The van der Waals surface area contributed by atoms with Gasteiger partial charge >= 0.3 is 11.9 Å². The molecule has 1 aliphatic heterocycles. The summed E-state index contributed by atoms with van der Waals surface area (Å²) in [7, 11) is 1.31. The molecule has 3 rings (SSSR count). The lowest BCUT2D eigenvalue weighted by molar-refractivity contribution is -0.143. The Morgan fingerprint density at radius 3 is 2.54 bits per heavy atom. The average molecular weight is 603 g/mol. The summed E-state index contributed by atoms with van der Waals surface area (Å²) in [5, 5.41) is 0. The van der Waals surface area contributed by atoms with Gasteiger partial charge in [0.25, 0.3) is 0 Å². The molecule has 6 nitrogen and oxygen atoms in total. The molecule has 0 saturated carbocycles. The number of carbonyl (C=O) groups excluding carboxylic acids is 2. The number of esters is 2. The minimum Gasteiger partial charge on any atom is -0.480 e. The normalized spacial score (nSPS) is 14.6. The summed E-state index contributed by atoms with van der Waals surface area (Å²) in [6.45, 7) is 1.77. The minimum atomic E-state index is -0.491. The van der Waals surface area contributed by atoms with Gasteiger partial charge in [-0.25, -0.2) is 14.6 Å². The predicted molar refractivity (Wildman–Crippen MR) is 121 cm³/mol. The predicted octanol–water partition coefficient (Wildman–Crippen LogP) is 4.10. The fourth-order valence-electron chi connectivity index (χ4n) is 2.49. The lowest BCUT2D eigenvalue weighted by Crippen LogP contribution is -2.13. The molecule has 0 spiro atoms. The summed E-state index contributed by atoms with van der Waals surface area (Å²) >= 11 is 4.23. The Labute approximate surface area is 189 Å². The van der Waals surface area contributed by atoms with Crippen molar-refractivity contribution in [1.82, 2.24) is 0 Å². The zero-order valence-corrected chi connectivity index (χ0v) is 19.3. The van der Waals surface area contributed by atoms with Crippen LogP contribution in [0.4, 0.5) is 0 Å². The number of cyclic esters (lactones) is 1. The van der Waals surface area contributed by atoms with Gasteiger partial charge in [-0.1, -0.05) is 18.2 Å². The van der Waals surface area contributed by atoms with Gasteiger partial charge in [-0.3, -0.25) is 0 Å². The number of halogens is 2. The number of hydrogen-bond donors (Lipinski definition) is 0. The van der Waals surface area contributed by atoms with E-state index in [9.17, 15) is 9.59 Å². The first kappa shape index (κ1) is 20.8. The largest absolute Gasteiger partial charge is 0.480 e. The van der Waals surface area contributed by atoms with E-state index in [0.29, 0.717) is 11.6 Å². The van der Waals surface area contributed by atoms with Crippen LogP contribution in [0.15, 0.2) is 47.1 Å².